The Labute approximate surface area is 182 Å². The highest BCUT2D eigenvalue weighted by atomic mass is 19.4. The highest BCUT2D eigenvalue weighted by Gasteiger charge is 2.43. The standard InChI is InChI=1S/C20H15F6N5O2/c1-31-17(18(32)29-10-5-6-27-13(9-10)19(21,22)23)14(20(24,25)26)16(30-31)11-3-2-4-12-15(11)28-7-8-33-12/h2-6,9,28H,7-8H2,1H3,(H,27,29,32). The first-order valence-electron chi connectivity index (χ1n) is 9.45. The first-order valence-corrected chi connectivity index (χ1v) is 9.45. The molecule has 0 bridgehead atoms. The molecular weight excluding hydrogens is 456 g/mol. The number of nitrogens with one attached hydrogen (secondary N) is 2. The van der Waals surface area contributed by atoms with Crippen LogP contribution in [0.2, 0.25) is 0 Å². The minimum absolute atomic E-state index is 0.0671. The number of rotatable bonds is 3. The predicted molar refractivity (Wildman–Crippen MR) is 105 cm³/mol. The van der Waals surface area contributed by atoms with E-state index in [0.29, 0.717) is 30.7 Å². The van der Waals surface area contributed by atoms with Crippen molar-refractivity contribution in [1.29, 1.82) is 0 Å². The molecule has 1 aliphatic rings. The lowest BCUT2D eigenvalue weighted by Gasteiger charge is -2.21. The van der Waals surface area contributed by atoms with Crippen LogP contribution in [-0.4, -0.2) is 33.8 Å². The van der Waals surface area contributed by atoms with Crippen LogP contribution < -0.4 is 15.4 Å². The number of aryl methyl sites for hydroxylation is 1. The Balaban J connectivity index is 1.80. The molecule has 0 radical (unpaired) electrons. The van der Waals surface area contributed by atoms with Gasteiger partial charge in [0.05, 0.1) is 5.69 Å². The molecule has 0 spiro atoms. The number of hydrogen-bond acceptors (Lipinski definition) is 5. The van der Waals surface area contributed by atoms with Crippen LogP contribution in [0, 0.1) is 0 Å². The molecule has 2 aromatic heterocycles. The molecule has 0 aliphatic carbocycles. The smallest absolute Gasteiger partial charge is 0.433 e. The lowest BCUT2D eigenvalue weighted by atomic mass is 10.0. The number of carbonyl (C=O) groups excluding carboxylic acids is 1. The molecule has 1 amide bonds. The maximum absolute atomic E-state index is 14.1. The molecule has 174 valence electrons. The molecule has 0 unspecified atom stereocenters. The van der Waals surface area contributed by atoms with Gasteiger partial charge in [0.2, 0.25) is 0 Å². The highest BCUT2D eigenvalue weighted by Crippen LogP contribution is 2.44. The van der Waals surface area contributed by atoms with Crippen molar-refractivity contribution < 1.29 is 35.9 Å². The van der Waals surface area contributed by atoms with Gasteiger partial charge in [-0.05, 0) is 18.2 Å². The third-order valence-electron chi connectivity index (χ3n) is 4.80. The van der Waals surface area contributed by atoms with Crippen molar-refractivity contribution in [3.63, 3.8) is 0 Å². The van der Waals surface area contributed by atoms with Crippen molar-refractivity contribution in [2.45, 2.75) is 12.4 Å². The van der Waals surface area contributed by atoms with Gasteiger partial charge < -0.3 is 15.4 Å². The molecule has 7 nitrogen and oxygen atoms in total. The van der Waals surface area contributed by atoms with Crippen molar-refractivity contribution in [2.75, 3.05) is 23.8 Å². The number of nitrogens with zero attached hydrogens (tertiary/aromatic N) is 3. The zero-order valence-electron chi connectivity index (χ0n) is 16.8. The number of hydrogen-bond donors (Lipinski definition) is 2. The predicted octanol–water partition coefficient (Wildman–Crippen LogP) is 4.58. The molecule has 0 fully saturated rings. The van der Waals surface area contributed by atoms with Crippen LogP contribution in [0.4, 0.5) is 37.7 Å². The second-order valence-corrected chi connectivity index (χ2v) is 7.03. The number of anilines is 2. The third-order valence-corrected chi connectivity index (χ3v) is 4.80. The molecule has 1 aromatic carbocycles. The number of aromatic nitrogens is 3. The molecule has 3 heterocycles. The zero-order valence-corrected chi connectivity index (χ0v) is 16.8. The van der Waals surface area contributed by atoms with Gasteiger partial charge in [-0.2, -0.15) is 31.4 Å². The molecule has 3 aromatic rings. The van der Waals surface area contributed by atoms with E-state index in [1.807, 2.05) is 0 Å². The minimum Gasteiger partial charge on any atom is -0.490 e. The average Bonchev–Trinajstić information content (AvgIpc) is 3.10. The van der Waals surface area contributed by atoms with Crippen LogP contribution in [-0.2, 0) is 19.4 Å². The fourth-order valence-electron chi connectivity index (χ4n) is 3.46. The second-order valence-electron chi connectivity index (χ2n) is 7.03. The van der Waals surface area contributed by atoms with Gasteiger partial charge in [0.15, 0.2) is 0 Å². The fraction of sp³-hybridized carbons (Fsp3) is 0.250. The van der Waals surface area contributed by atoms with E-state index in [2.05, 4.69) is 20.7 Å². The molecule has 2 N–H and O–H groups in total. The van der Waals surface area contributed by atoms with Gasteiger partial charge in [-0.3, -0.25) is 14.5 Å². The lowest BCUT2D eigenvalue weighted by molar-refractivity contribution is -0.141. The number of benzene rings is 1. The quantitative estimate of drug-likeness (QED) is 0.547. The zero-order chi connectivity index (χ0) is 24.0. The van der Waals surface area contributed by atoms with Gasteiger partial charge in [0.1, 0.15) is 35.0 Å². The molecule has 33 heavy (non-hydrogen) atoms. The topological polar surface area (TPSA) is 81.1 Å². The van der Waals surface area contributed by atoms with E-state index in [0.717, 1.165) is 24.0 Å². The van der Waals surface area contributed by atoms with Crippen molar-refractivity contribution in [1.82, 2.24) is 14.8 Å². The molecule has 1 aliphatic heterocycles. The van der Waals surface area contributed by atoms with E-state index in [4.69, 9.17) is 4.74 Å². The summed E-state index contributed by atoms with van der Waals surface area (Å²) in [6, 6.07) is 6.03. The number of amides is 1. The maximum Gasteiger partial charge on any atom is 0.433 e. The van der Waals surface area contributed by atoms with E-state index in [-0.39, 0.29) is 11.3 Å². The summed E-state index contributed by atoms with van der Waals surface area (Å²) in [5.41, 5.74) is -4.02. The molecule has 0 saturated heterocycles. The van der Waals surface area contributed by atoms with Gasteiger partial charge in [-0.25, -0.2) is 0 Å². The summed E-state index contributed by atoms with van der Waals surface area (Å²) in [6.45, 7) is 0.680. The van der Waals surface area contributed by atoms with Crippen LogP contribution in [0.25, 0.3) is 11.3 Å². The van der Waals surface area contributed by atoms with E-state index in [1.165, 1.54) is 12.1 Å². The number of alkyl halides is 6. The van der Waals surface area contributed by atoms with Crippen molar-refractivity contribution in [2.24, 2.45) is 7.05 Å². The summed E-state index contributed by atoms with van der Waals surface area (Å²) in [4.78, 5) is 15.9. The van der Waals surface area contributed by atoms with Gasteiger partial charge >= 0.3 is 12.4 Å². The molecular formula is C20H15F6N5O2. The van der Waals surface area contributed by atoms with Gasteiger partial charge in [-0.15, -0.1) is 0 Å². The van der Waals surface area contributed by atoms with Crippen LogP contribution in [0.15, 0.2) is 36.5 Å². The Morgan fingerprint density at radius 2 is 1.91 bits per heavy atom. The largest absolute Gasteiger partial charge is 0.490 e. The van der Waals surface area contributed by atoms with Crippen molar-refractivity contribution in [3.8, 4) is 17.0 Å². The Bertz CT molecular complexity index is 1220. The SMILES string of the molecule is Cn1nc(-c2cccc3c2NCCO3)c(C(F)(F)F)c1C(=O)Nc1ccnc(C(F)(F)F)c1. The summed E-state index contributed by atoms with van der Waals surface area (Å²) in [7, 11) is 1.14. The van der Waals surface area contributed by atoms with E-state index in [9.17, 15) is 31.1 Å². The number of carbonyl (C=O) groups is 1. The maximum atomic E-state index is 14.1. The van der Waals surface area contributed by atoms with Crippen LogP contribution in [0.3, 0.4) is 0 Å². The second kappa shape index (κ2) is 7.98. The third kappa shape index (κ3) is 4.30. The summed E-state index contributed by atoms with van der Waals surface area (Å²) >= 11 is 0. The summed E-state index contributed by atoms with van der Waals surface area (Å²) in [5, 5.41) is 8.96. The number of halogens is 6. The minimum atomic E-state index is -5.00. The highest BCUT2D eigenvalue weighted by molar-refractivity contribution is 6.05. The van der Waals surface area contributed by atoms with Gasteiger partial charge in [0.25, 0.3) is 5.91 Å². The van der Waals surface area contributed by atoms with E-state index in [1.54, 1.807) is 6.07 Å². The van der Waals surface area contributed by atoms with Crippen LogP contribution >= 0.6 is 0 Å². The molecule has 4 rings (SSSR count). The number of para-hydroxylation sites is 1. The normalized spacial score (nSPS) is 13.7. The van der Waals surface area contributed by atoms with Crippen LogP contribution in [0.1, 0.15) is 21.7 Å². The number of fused-ring (bicyclic) bond motifs is 1. The van der Waals surface area contributed by atoms with Gasteiger partial charge in [-0.1, -0.05) is 12.1 Å². The van der Waals surface area contributed by atoms with Crippen molar-refractivity contribution in [3.05, 3.63) is 53.5 Å². The summed E-state index contributed by atoms with van der Waals surface area (Å²) < 4.78 is 87.2. The lowest BCUT2D eigenvalue weighted by Crippen LogP contribution is -2.22. The average molecular weight is 471 g/mol. The molecule has 13 heteroatoms. The molecule has 0 saturated carbocycles. The number of pyridine rings is 1. The fourth-order valence-corrected chi connectivity index (χ4v) is 3.46. The van der Waals surface area contributed by atoms with E-state index < -0.39 is 40.9 Å². The van der Waals surface area contributed by atoms with Crippen LogP contribution in [0.5, 0.6) is 5.75 Å². The Morgan fingerprint density at radius 3 is 2.61 bits per heavy atom. The summed E-state index contributed by atoms with van der Waals surface area (Å²) in [6.07, 6.45) is -9.00. The molecule has 0 atom stereocenters. The Kier molecular flexibility index (Phi) is 5.42. The Morgan fingerprint density at radius 1 is 1.15 bits per heavy atom. The van der Waals surface area contributed by atoms with E-state index >= 15 is 0 Å². The first-order chi connectivity index (χ1) is 15.5. The van der Waals surface area contributed by atoms with Crippen molar-refractivity contribution >= 4 is 17.3 Å². The monoisotopic (exact) mass is 471 g/mol. The Hall–Kier alpha value is -3.77. The van der Waals surface area contributed by atoms with Gasteiger partial charge in [0, 0.05) is 31.0 Å². The number of ether oxygens (including phenoxy) is 1. The summed E-state index contributed by atoms with van der Waals surface area (Å²) in [5.74, 6) is -0.947. The first kappa shape index (κ1) is 22.4.